The van der Waals surface area contributed by atoms with Crippen molar-refractivity contribution in [3.63, 3.8) is 0 Å². The number of amidine groups is 1. The topological polar surface area (TPSA) is 47.6 Å². The van der Waals surface area contributed by atoms with Gasteiger partial charge in [0.25, 0.3) is 0 Å². The van der Waals surface area contributed by atoms with E-state index in [0.717, 1.165) is 18.6 Å². The Balaban J connectivity index is 2.70. The Morgan fingerprint density at radius 1 is 1.40 bits per heavy atom. The lowest BCUT2D eigenvalue weighted by Gasteiger charge is -1.97. The highest BCUT2D eigenvalue weighted by atomic mass is 16.6. The van der Waals surface area contributed by atoms with Gasteiger partial charge in [-0.15, -0.1) is 0 Å². The van der Waals surface area contributed by atoms with E-state index in [1.807, 2.05) is 13.8 Å². The van der Waals surface area contributed by atoms with Crippen molar-refractivity contribution in [3.05, 3.63) is 11.3 Å². The molecule has 10 heavy (non-hydrogen) atoms. The number of hydrogen-bond donors (Lipinski definition) is 1. The molecule has 1 rings (SSSR count). The fourth-order valence-corrected chi connectivity index (χ4v) is 0.742. The minimum Gasteiger partial charge on any atom is -0.384 e. The Labute approximate surface area is 60.5 Å². The summed E-state index contributed by atoms with van der Waals surface area (Å²) in [4.78, 5) is 4.97. The van der Waals surface area contributed by atoms with Crippen LogP contribution in [0.4, 0.5) is 0 Å². The van der Waals surface area contributed by atoms with Crippen LogP contribution in [0.15, 0.2) is 16.5 Å². The Morgan fingerprint density at radius 3 is 2.80 bits per heavy atom. The van der Waals surface area contributed by atoms with Gasteiger partial charge in [-0.05, 0) is 25.8 Å². The number of hydrogen-bond acceptors (Lipinski definition) is 3. The monoisotopic (exact) mass is 140 g/mol. The van der Waals surface area contributed by atoms with E-state index in [9.17, 15) is 0 Å². The lowest BCUT2D eigenvalue weighted by molar-refractivity contribution is 0.227. The molecule has 56 valence electrons. The molecule has 1 aliphatic rings. The SMILES string of the molecule is CC1=C(C)ON=C(N)CC1. The summed E-state index contributed by atoms with van der Waals surface area (Å²) in [6.07, 6.45) is 1.77. The predicted molar refractivity (Wildman–Crippen MR) is 40.3 cm³/mol. The molecule has 0 bridgehead atoms. The van der Waals surface area contributed by atoms with E-state index in [1.165, 1.54) is 5.57 Å². The number of nitrogens with two attached hydrogens (primary N) is 1. The van der Waals surface area contributed by atoms with E-state index in [1.54, 1.807) is 0 Å². The second-order valence-electron chi connectivity index (χ2n) is 2.51. The third-order valence-electron chi connectivity index (χ3n) is 1.66. The molecule has 0 spiro atoms. The van der Waals surface area contributed by atoms with E-state index in [0.29, 0.717) is 5.84 Å². The van der Waals surface area contributed by atoms with E-state index in [-0.39, 0.29) is 0 Å². The van der Waals surface area contributed by atoms with Crippen molar-refractivity contribution in [2.75, 3.05) is 0 Å². The first-order chi connectivity index (χ1) is 4.70. The van der Waals surface area contributed by atoms with Crippen molar-refractivity contribution in [2.45, 2.75) is 26.7 Å². The van der Waals surface area contributed by atoms with Crippen LogP contribution in [-0.4, -0.2) is 5.84 Å². The van der Waals surface area contributed by atoms with Gasteiger partial charge in [0.2, 0.25) is 0 Å². The fourth-order valence-electron chi connectivity index (χ4n) is 0.742. The molecule has 2 N–H and O–H groups in total. The second-order valence-corrected chi connectivity index (χ2v) is 2.51. The Bertz CT molecular complexity index is 194. The highest BCUT2D eigenvalue weighted by Gasteiger charge is 2.05. The molecule has 0 aliphatic carbocycles. The lowest BCUT2D eigenvalue weighted by atomic mass is 10.1. The Morgan fingerprint density at radius 2 is 2.10 bits per heavy atom. The van der Waals surface area contributed by atoms with Gasteiger partial charge in [-0.1, -0.05) is 5.16 Å². The number of nitrogens with zero attached hydrogens (tertiary/aromatic N) is 1. The van der Waals surface area contributed by atoms with Crippen LogP contribution < -0.4 is 5.73 Å². The summed E-state index contributed by atoms with van der Waals surface area (Å²) in [5.41, 5.74) is 6.68. The van der Waals surface area contributed by atoms with Crippen molar-refractivity contribution in [3.8, 4) is 0 Å². The molecule has 0 amide bonds. The van der Waals surface area contributed by atoms with Crippen molar-refractivity contribution >= 4 is 5.84 Å². The van der Waals surface area contributed by atoms with Crippen LogP contribution in [0.1, 0.15) is 26.7 Å². The molecule has 1 aliphatic heterocycles. The van der Waals surface area contributed by atoms with Gasteiger partial charge in [0.15, 0.2) is 0 Å². The maximum absolute atomic E-state index is 5.46. The summed E-state index contributed by atoms with van der Waals surface area (Å²) in [5.74, 6) is 1.46. The molecule has 3 nitrogen and oxygen atoms in total. The third-order valence-corrected chi connectivity index (χ3v) is 1.66. The molecule has 0 saturated carbocycles. The second kappa shape index (κ2) is 2.73. The third kappa shape index (κ3) is 1.50. The summed E-state index contributed by atoms with van der Waals surface area (Å²) in [7, 11) is 0. The van der Waals surface area contributed by atoms with Crippen LogP contribution in [0.2, 0.25) is 0 Å². The summed E-state index contributed by atoms with van der Waals surface area (Å²) < 4.78 is 0. The van der Waals surface area contributed by atoms with Crippen LogP contribution in [0, 0.1) is 0 Å². The molecule has 0 saturated heterocycles. The Kier molecular flexibility index (Phi) is 1.94. The van der Waals surface area contributed by atoms with Gasteiger partial charge in [0.1, 0.15) is 11.6 Å². The minimum atomic E-state index is 0.580. The zero-order valence-electron chi connectivity index (χ0n) is 6.35. The molecule has 0 aromatic heterocycles. The molecule has 0 aromatic carbocycles. The molecule has 0 unspecified atom stereocenters. The van der Waals surface area contributed by atoms with E-state index < -0.39 is 0 Å². The highest BCUT2D eigenvalue weighted by Crippen LogP contribution is 2.14. The summed E-state index contributed by atoms with van der Waals surface area (Å²) in [6, 6.07) is 0. The normalized spacial score (nSPS) is 19.6. The first-order valence-electron chi connectivity index (χ1n) is 3.36. The molecule has 0 aromatic rings. The van der Waals surface area contributed by atoms with Crippen molar-refractivity contribution in [2.24, 2.45) is 10.9 Å². The summed E-state index contributed by atoms with van der Waals surface area (Å²) >= 11 is 0. The van der Waals surface area contributed by atoms with Crippen LogP contribution in [0.25, 0.3) is 0 Å². The summed E-state index contributed by atoms with van der Waals surface area (Å²) in [6.45, 7) is 3.93. The Hall–Kier alpha value is -0.990. The average molecular weight is 140 g/mol. The van der Waals surface area contributed by atoms with Crippen LogP contribution >= 0.6 is 0 Å². The number of allylic oxidation sites excluding steroid dienone is 2. The van der Waals surface area contributed by atoms with Gasteiger partial charge < -0.3 is 10.6 Å². The smallest absolute Gasteiger partial charge is 0.140 e. The number of oxime groups is 1. The predicted octanol–water partition coefficient (Wildman–Crippen LogP) is 1.36. The van der Waals surface area contributed by atoms with Crippen LogP contribution in [0.3, 0.4) is 0 Å². The molecular weight excluding hydrogens is 128 g/mol. The van der Waals surface area contributed by atoms with Gasteiger partial charge in [-0.3, -0.25) is 0 Å². The minimum absolute atomic E-state index is 0.580. The van der Waals surface area contributed by atoms with E-state index in [4.69, 9.17) is 10.6 Å². The highest BCUT2D eigenvalue weighted by molar-refractivity contribution is 5.80. The first-order valence-corrected chi connectivity index (χ1v) is 3.36. The number of rotatable bonds is 0. The zero-order chi connectivity index (χ0) is 7.56. The maximum Gasteiger partial charge on any atom is 0.140 e. The van der Waals surface area contributed by atoms with Gasteiger partial charge >= 0.3 is 0 Å². The van der Waals surface area contributed by atoms with Crippen LogP contribution in [0.5, 0.6) is 0 Å². The quantitative estimate of drug-likeness (QED) is 0.552. The van der Waals surface area contributed by atoms with Gasteiger partial charge in [0, 0.05) is 6.42 Å². The van der Waals surface area contributed by atoms with E-state index >= 15 is 0 Å². The molecule has 3 heteroatoms. The largest absolute Gasteiger partial charge is 0.384 e. The van der Waals surface area contributed by atoms with Crippen molar-refractivity contribution in [1.29, 1.82) is 0 Å². The average Bonchev–Trinajstić information content (AvgIpc) is 2.04. The van der Waals surface area contributed by atoms with E-state index in [2.05, 4.69) is 5.16 Å². The van der Waals surface area contributed by atoms with Gasteiger partial charge in [-0.25, -0.2) is 0 Å². The van der Waals surface area contributed by atoms with Crippen LogP contribution in [-0.2, 0) is 4.84 Å². The maximum atomic E-state index is 5.46. The molecule has 0 fully saturated rings. The fraction of sp³-hybridized carbons (Fsp3) is 0.571. The molecular formula is C7H12N2O. The van der Waals surface area contributed by atoms with Crippen molar-refractivity contribution < 1.29 is 4.84 Å². The summed E-state index contributed by atoms with van der Waals surface area (Å²) in [5, 5.41) is 3.69. The van der Waals surface area contributed by atoms with Crippen molar-refractivity contribution in [1.82, 2.24) is 0 Å². The first kappa shape index (κ1) is 7.12. The van der Waals surface area contributed by atoms with Gasteiger partial charge in [-0.2, -0.15) is 0 Å². The van der Waals surface area contributed by atoms with Gasteiger partial charge in [0.05, 0.1) is 0 Å². The molecule has 0 atom stereocenters. The standard InChI is InChI=1S/C7H12N2O/c1-5-3-4-7(8)9-10-6(5)2/h3-4H2,1-2H3,(H2,8,9). The molecule has 0 radical (unpaired) electrons. The zero-order valence-corrected chi connectivity index (χ0v) is 6.35. The lowest BCUT2D eigenvalue weighted by Crippen LogP contribution is -2.10. The molecule has 1 heterocycles.